The van der Waals surface area contributed by atoms with Gasteiger partial charge < -0.3 is 0 Å². The first-order valence-corrected chi connectivity index (χ1v) is 5.15. The van der Waals surface area contributed by atoms with Crippen molar-refractivity contribution in [1.82, 2.24) is 0 Å². The van der Waals surface area contributed by atoms with Crippen molar-refractivity contribution in [2.75, 3.05) is 0 Å². The third-order valence-corrected chi connectivity index (χ3v) is 2.39. The van der Waals surface area contributed by atoms with E-state index in [1.165, 1.54) is 11.3 Å². The normalized spacial score (nSPS) is 13.4. The molecule has 0 amide bonds. The van der Waals surface area contributed by atoms with Crippen LogP contribution in [0.25, 0.3) is 0 Å². The molecule has 0 fully saturated rings. The quantitative estimate of drug-likeness (QED) is 0.583. The minimum absolute atomic E-state index is 0.0214. The second-order valence-electron chi connectivity index (χ2n) is 5.94. The van der Waals surface area contributed by atoms with Gasteiger partial charge in [0.15, 0.2) is 6.26 Å². The van der Waals surface area contributed by atoms with E-state index >= 15 is 0 Å². The Morgan fingerprint density at radius 3 is 1.79 bits per heavy atom. The lowest BCUT2D eigenvalue weighted by Crippen LogP contribution is -2.51. The van der Waals surface area contributed by atoms with Crippen LogP contribution in [0.1, 0.15) is 52.8 Å². The molecule has 0 aromatic carbocycles. The molecule has 0 N–H and O–H groups in total. The Morgan fingerprint density at radius 2 is 1.57 bits per heavy atom. The lowest BCUT2D eigenvalue weighted by molar-refractivity contribution is -0.910. The fourth-order valence-corrected chi connectivity index (χ4v) is 1.76. The molecule has 80 valence electrons. The van der Waals surface area contributed by atoms with Gasteiger partial charge in [-0.25, -0.2) is 4.52 Å². The van der Waals surface area contributed by atoms with E-state index in [4.69, 9.17) is 4.52 Å². The Hall–Kier alpha value is -0.790. The molecule has 1 rings (SSSR count). The lowest BCUT2D eigenvalue weighted by atomic mass is 9.87. The largest absolute Gasteiger partial charge is 0.244 e. The molecule has 0 aliphatic heterocycles. The molecule has 0 saturated carbocycles. The van der Waals surface area contributed by atoms with Crippen molar-refractivity contribution in [1.29, 1.82) is 0 Å². The van der Waals surface area contributed by atoms with E-state index < -0.39 is 0 Å². The molecular weight excluding hydrogens is 174 g/mol. The molecule has 2 heteroatoms. The Bertz CT molecular complexity index is 292. The van der Waals surface area contributed by atoms with Crippen LogP contribution in [0.15, 0.2) is 10.8 Å². The summed E-state index contributed by atoms with van der Waals surface area (Å²) >= 11 is 0. The first kappa shape index (κ1) is 11.3. The van der Waals surface area contributed by atoms with Crippen molar-refractivity contribution in [2.45, 2.75) is 59.4 Å². The van der Waals surface area contributed by atoms with Crippen LogP contribution in [-0.4, -0.2) is 0 Å². The van der Waals surface area contributed by atoms with Crippen LogP contribution < -0.4 is 4.74 Å². The van der Waals surface area contributed by atoms with E-state index in [-0.39, 0.29) is 11.0 Å². The Labute approximate surface area is 86.9 Å². The Kier molecular flexibility index (Phi) is 2.51. The Morgan fingerprint density at radius 1 is 1.07 bits per heavy atom. The van der Waals surface area contributed by atoms with Crippen molar-refractivity contribution in [3.63, 3.8) is 0 Å². The molecule has 1 aromatic heterocycles. The molecule has 0 unspecified atom stereocenters. The van der Waals surface area contributed by atoms with Crippen LogP contribution in [0, 0.1) is 6.92 Å². The highest BCUT2D eigenvalue weighted by molar-refractivity contribution is 5.19. The summed E-state index contributed by atoms with van der Waals surface area (Å²) in [6, 6.07) is 0. The molecule has 0 radical (unpaired) electrons. The second-order valence-corrected chi connectivity index (χ2v) is 5.94. The zero-order chi connectivity index (χ0) is 11.1. The first-order chi connectivity index (χ1) is 6.14. The highest BCUT2D eigenvalue weighted by Crippen LogP contribution is 2.25. The summed E-state index contributed by atoms with van der Waals surface area (Å²) in [5, 5.41) is 0. The fraction of sp³-hybridized carbons (Fsp3) is 0.750. The van der Waals surface area contributed by atoms with Gasteiger partial charge in [0.25, 0.3) is 0 Å². The highest BCUT2D eigenvalue weighted by atomic mass is 16.5. The summed E-state index contributed by atoms with van der Waals surface area (Å²) in [6.45, 7) is 15.2. The molecule has 0 aliphatic carbocycles. The van der Waals surface area contributed by atoms with Crippen LogP contribution in [-0.2, 0) is 11.0 Å². The SMILES string of the molecule is Cc1c(C(C)(C)C)co[n+]1C(C)(C)C. The monoisotopic (exact) mass is 196 g/mol. The molecule has 2 nitrogen and oxygen atoms in total. The van der Waals surface area contributed by atoms with E-state index in [9.17, 15) is 0 Å². The van der Waals surface area contributed by atoms with Gasteiger partial charge in [-0.1, -0.05) is 20.8 Å². The van der Waals surface area contributed by atoms with E-state index in [1.807, 2.05) is 11.0 Å². The average molecular weight is 196 g/mol. The van der Waals surface area contributed by atoms with Crippen LogP contribution in [0.4, 0.5) is 0 Å². The van der Waals surface area contributed by atoms with Crippen LogP contribution >= 0.6 is 0 Å². The Balaban J connectivity index is 3.23. The molecule has 0 aliphatic rings. The molecule has 1 heterocycles. The van der Waals surface area contributed by atoms with E-state index in [0.717, 1.165) is 0 Å². The average Bonchev–Trinajstić information content (AvgIpc) is 2.26. The van der Waals surface area contributed by atoms with Crippen LogP contribution in [0.5, 0.6) is 0 Å². The zero-order valence-electron chi connectivity index (χ0n) is 10.4. The van der Waals surface area contributed by atoms with Crippen molar-refractivity contribution in [3.05, 3.63) is 17.5 Å². The molecular formula is C12H22NO+. The van der Waals surface area contributed by atoms with Crippen molar-refractivity contribution >= 4 is 0 Å². The second kappa shape index (κ2) is 3.11. The van der Waals surface area contributed by atoms with Gasteiger partial charge in [0.05, 0.1) is 5.56 Å². The molecule has 0 saturated heterocycles. The van der Waals surface area contributed by atoms with Crippen molar-refractivity contribution in [2.24, 2.45) is 0 Å². The van der Waals surface area contributed by atoms with Gasteiger partial charge in [-0.15, -0.1) is 0 Å². The summed E-state index contributed by atoms with van der Waals surface area (Å²) in [7, 11) is 0. The van der Waals surface area contributed by atoms with Crippen LogP contribution in [0.2, 0.25) is 0 Å². The maximum absolute atomic E-state index is 5.60. The lowest BCUT2D eigenvalue weighted by Gasteiger charge is -2.15. The third-order valence-electron chi connectivity index (χ3n) is 2.39. The number of rotatable bonds is 0. The number of hydrogen-bond donors (Lipinski definition) is 0. The fourth-order valence-electron chi connectivity index (χ4n) is 1.76. The minimum atomic E-state index is 0.0214. The standard InChI is InChI=1S/C12H22NO/c1-9-10(11(2,3)4)8-14-13(9)12(5,6)7/h8H,1-7H3/q+1. The summed E-state index contributed by atoms with van der Waals surface area (Å²) in [5.41, 5.74) is 2.69. The van der Waals surface area contributed by atoms with Crippen molar-refractivity contribution < 1.29 is 9.26 Å². The first-order valence-electron chi connectivity index (χ1n) is 5.15. The van der Waals surface area contributed by atoms with Gasteiger partial charge in [0.2, 0.25) is 11.2 Å². The maximum atomic E-state index is 5.60. The number of hydrogen-bond acceptors (Lipinski definition) is 1. The predicted octanol–water partition coefficient (Wildman–Crippen LogP) is 2.93. The van der Waals surface area contributed by atoms with Gasteiger partial charge in [-0.2, -0.15) is 0 Å². The predicted molar refractivity (Wildman–Crippen MR) is 57.3 cm³/mol. The molecule has 0 spiro atoms. The van der Waals surface area contributed by atoms with E-state index in [0.29, 0.717) is 0 Å². The van der Waals surface area contributed by atoms with Gasteiger partial charge in [0.1, 0.15) is 0 Å². The van der Waals surface area contributed by atoms with Gasteiger partial charge in [0, 0.05) is 27.7 Å². The summed E-state index contributed by atoms with van der Waals surface area (Å²) in [4.78, 5) is 0. The summed E-state index contributed by atoms with van der Waals surface area (Å²) < 4.78 is 7.58. The van der Waals surface area contributed by atoms with E-state index in [2.05, 4.69) is 48.5 Å². The topological polar surface area (TPSA) is 17.0 Å². The number of nitrogens with zero attached hydrogens (tertiary/aromatic N) is 1. The molecule has 14 heavy (non-hydrogen) atoms. The maximum Gasteiger partial charge on any atom is 0.232 e. The summed E-state index contributed by atoms with van der Waals surface area (Å²) in [6.07, 6.45) is 1.88. The molecule has 0 atom stereocenters. The molecule has 0 bridgehead atoms. The van der Waals surface area contributed by atoms with Crippen molar-refractivity contribution in [3.8, 4) is 0 Å². The minimum Gasteiger partial charge on any atom is -0.244 e. The summed E-state index contributed by atoms with van der Waals surface area (Å²) in [5.74, 6) is 0. The van der Waals surface area contributed by atoms with Crippen LogP contribution in [0.3, 0.4) is 0 Å². The van der Waals surface area contributed by atoms with Gasteiger partial charge in [-0.05, 0) is 10.2 Å². The van der Waals surface area contributed by atoms with Gasteiger partial charge in [-0.3, -0.25) is 0 Å². The van der Waals surface area contributed by atoms with Gasteiger partial charge >= 0.3 is 0 Å². The third kappa shape index (κ3) is 1.99. The zero-order valence-corrected chi connectivity index (χ0v) is 10.4. The smallest absolute Gasteiger partial charge is 0.232 e. The number of aromatic nitrogens is 1. The van der Waals surface area contributed by atoms with E-state index in [1.54, 1.807) is 0 Å². The highest BCUT2D eigenvalue weighted by Gasteiger charge is 2.34. The molecule has 1 aromatic rings.